The first-order valence-electron chi connectivity index (χ1n) is 12.4. The molecule has 0 unspecified atom stereocenters. The van der Waals surface area contributed by atoms with Gasteiger partial charge < -0.3 is 24.6 Å². The quantitative estimate of drug-likeness (QED) is 0.522. The molecule has 2 aromatic heterocycles. The van der Waals surface area contributed by atoms with Crippen LogP contribution in [0.2, 0.25) is 0 Å². The predicted octanol–water partition coefficient (Wildman–Crippen LogP) is 3.44. The smallest absolute Gasteiger partial charge is 0.272 e. The van der Waals surface area contributed by atoms with E-state index in [0.29, 0.717) is 49.3 Å². The van der Waals surface area contributed by atoms with Gasteiger partial charge in [0, 0.05) is 31.7 Å². The average molecular weight is 497 g/mol. The van der Waals surface area contributed by atoms with Gasteiger partial charge in [0.05, 0.1) is 17.3 Å². The molecular weight excluding hydrogens is 463 g/mol. The maximum absolute atomic E-state index is 13.5. The lowest BCUT2D eigenvalue weighted by Crippen LogP contribution is -2.47. The number of carbonyl (C=O) groups is 2. The van der Waals surface area contributed by atoms with Crippen LogP contribution in [-0.2, 0) is 18.3 Å². The maximum Gasteiger partial charge on any atom is 0.272 e. The Bertz CT molecular complexity index is 1260. The number of hydrogen-bond donors (Lipinski definition) is 2. The number of ether oxygens (including phenoxy) is 1. The van der Waals surface area contributed by atoms with Crippen LogP contribution in [0.1, 0.15) is 49.7 Å². The van der Waals surface area contributed by atoms with Crippen LogP contribution in [-0.4, -0.2) is 63.2 Å². The van der Waals surface area contributed by atoms with Crippen molar-refractivity contribution >= 4 is 22.8 Å². The Morgan fingerprint density at radius 1 is 1.22 bits per heavy atom. The van der Waals surface area contributed by atoms with Gasteiger partial charge in [-0.1, -0.05) is 6.92 Å². The van der Waals surface area contributed by atoms with E-state index in [0.717, 1.165) is 22.3 Å². The van der Waals surface area contributed by atoms with E-state index in [1.54, 1.807) is 17.0 Å². The molecule has 4 rings (SSSR count). The first kappa shape index (κ1) is 25.6. The first-order chi connectivity index (χ1) is 17.2. The molecule has 3 aromatic rings. The highest BCUT2D eigenvalue weighted by molar-refractivity contribution is 6.03. The number of piperidine rings is 1. The van der Waals surface area contributed by atoms with Crippen LogP contribution in [0.4, 0.5) is 4.39 Å². The second-order valence-electron chi connectivity index (χ2n) is 9.41. The molecule has 1 aliphatic heterocycles. The maximum atomic E-state index is 13.5. The molecule has 0 bridgehead atoms. The van der Waals surface area contributed by atoms with Crippen molar-refractivity contribution in [2.45, 2.75) is 52.2 Å². The van der Waals surface area contributed by atoms with Gasteiger partial charge in [0.2, 0.25) is 5.91 Å². The number of pyridine rings is 1. The highest BCUT2D eigenvalue weighted by Crippen LogP contribution is 2.36. The number of carbonyl (C=O) groups excluding carboxylic acids is 2. The highest BCUT2D eigenvalue weighted by atomic mass is 19.1. The van der Waals surface area contributed by atoms with Crippen molar-refractivity contribution in [1.82, 2.24) is 19.8 Å². The lowest BCUT2D eigenvalue weighted by Gasteiger charge is -2.32. The van der Waals surface area contributed by atoms with Gasteiger partial charge in [0.25, 0.3) is 5.91 Å². The fourth-order valence-electron chi connectivity index (χ4n) is 4.71. The van der Waals surface area contributed by atoms with Crippen molar-refractivity contribution in [1.29, 1.82) is 0 Å². The second-order valence-corrected chi connectivity index (χ2v) is 9.41. The standard InChI is InChI=1S/C27H33FN4O4/c1-5-17-14-21-24(30-23(17)18-6-8-19(28)9-7-18)26(36-16(2)3)25(31(21)4)27(35)29-20-10-12-32(13-11-20)22(34)15-33/h6-9,14,16,20,33H,5,10-13,15H2,1-4H3,(H,29,35). The molecule has 192 valence electrons. The van der Waals surface area contributed by atoms with Crippen molar-refractivity contribution in [3.63, 3.8) is 0 Å². The Balaban J connectivity index is 1.72. The fraction of sp³-hybridized carbons (Fsp3) is 0.444. The predicted molar refractivity (Wildman–Crippen MR) is 135 cm³/mol. The summed E-state index contributed by atoms with van der Waals surface area (Å²) in [4.78, 5) is 31.8. The van der Waals surface area contributed by atoms with Crippen molar-refractivity contribution in [3.05, 3.63) is 47.4 Å². The molecule has 2 amide bonds. The molecule has 2 N–H and O–H groups in total. The molecular formula is C27H33FN4O4. The summed E-state index contributed by atoms with van der Waals surface area (Å²) in [6, 6.07) is 8.15. The molecule has 9 heteroatoms. The molecule has 8 nitrogen and oxygen atoms in total. The van der Waals surface area contributed by atoms with Crippen LogP contribution in [0, 0.1) is 5.82 Å². The molecule has 1 saturated heterocycles. The van der Waals surface area contributed by atoms with E-state index in [4.69, 9.17) is 14.8 Å². The van der Waals surface area contributed by atoms with Crippen molar-refractivity contribution < 1.29 is 23.8 Å². The van der Waals surface area contributed by atoms with Crippen LogP contribution in [0.25, 0.3) is 22.3 Å². The summed E-state index contributed by atoms with van der Waals surface area (Å²) in [6.45, 7) is 6.29. The zero-order chi connectivity index (χ0) is 26.0. The molecule has 0 spiro atoms. The molecule has 1 fully saturated rings. The molecule has 3 heterocycles. The van der Waals surface area contributed by atoms with E-state index < -0.39 is 6.61 Å². The minimum atomic E-state index is -0.504. The summed E-state index contributed by atoms with van der Waals surface area (Å²) in [7, 11) is 1.83. The van der Waals surface area contributed by atoms with E-state index in [1.165, 1.54) is 12.1 Å². The lowest BCUT2D eigenvalue weighted by atomic mass is 10.0. The summed E-state index contributed by atoms with van der Waals surface area (Å²) in [5.41, 5.74) is 4.26. The van der Waals surface area contributed by atoms with Crippen LogP contribution >= 0.6 is 0 Å². The second kappa shape index (κ2) is 10.7. The van der Waals surface area contributed by atoms with Crippen molar-refractivity contribution in [3.8, 4) is 17.0 Å². The molecule has 1 aromatic carbocycles. The zero-order valence-corrected chi connectivity index (χ0v) is 21.2. The SMILES string of the molecule is CCc1cc2c(nc1-c1ccc(F)cc1)c(OC(C)C)c(C(=O)NC1CCN(C(=O)CO)CC1)n2C. The number of nitrogens with zero attached hydrogens (tertiary/aromatic N) is 3. The van der Waals surface area contributed by atoms with Crippen LogP contribution in [0.5, 0.6) is 5.75 Å². The number of aliphatic hydroxyl groups excluding tert-OH is 1. The Kier molecular flexibility index (Phi) is 7.59. The number of halogens is 1. The largest absolute Gasteiger partial charge is 0.486 e. The van der Waals surface area contributed by atoms with Gasteiger partial charge in [-0.3, -0.25) is 9.59 Å². The number of aromatic nitrogens is 2. The minimum Gasteiger partial charge on any atom is -0.486 e. The lowest BCUT2D eigenvalue weighted by molar-refractivity contribution is -0.135. The van der Waals surface area contributed by atoms with E-state index in [1.807, 2.05) is 38.5 Å². The van der Waals surface area contributed by atoms with E-state index in [2.05, 4.69) is 5.32 Å². The molecule has 0 radical (unpaired) electrons. The number of nitrogens with one attached hydrogen (secondary N) is 1. The summed E-state index contributed by atoms with van der Waals surface area (Å²) >= 11 is 0. The number of fused-ring (bicyclic) bond motifs is 1. The molecule has 1 aliphatic rings. The first-order valence-corrected chi connectivity index (χ1v) is 12.4. The molecule has 36 heavy (non-hydrogen) atoms. The summed E-state index contributed by atoms with van der Waals surface area (Å²) in [5, 5.41) is 12.2. The number of benzene rings is 1. The minimum absolute atomic E-state index is 0.0981. The van der Waals surface area contributed by atoms with E-state index in [-0.39, 0.29) is 29.8 Å². The average Bonchev–Trinajstić information content (AvgIpc) is 3.13. The monoisotopic (exact) mass is 496 g/mol. The van der Waals surface area contributed by atoms with Crippen LogP contribution in [0.3, 0.4) is 0 Å². The highest BCUT2D eigenvalue weighted by Gasteiger charge is 2.29. The Morgan fingerprint density at radius 3 is 2.47 bits per heavy atom. The van der Waals surface area contributed by atoms with Crippen molar-refractivity contribution in [2.75, 3.05) is 19.7 Å². The van der Waals surface area contributed by atoms with Crippen LogP contribution in [0.15, 0.2) is 30.3 Å². The molecule has 0 atom stereocenters. The van der Waals surface area contributed by atoms with Gasteiger partial charge in [0.1, 0.15) is 17.9 Å². The third kappa shape index (κ3) is 5.06. The third-order valence-electron chi connectivity index (χ3n) is 6.59. The van der Waals surface area contributed by atoms with Gasteiger partial charge in [-0.2, -0.15) is 0 Å². The summed E-state index contributed by atoms with van der Waals surface area (Å²) in [5.74, 6) is -0.457. The Hall–Kier alpha value is -3.46. The summed E-state index contributed by atoms with van der Waals surface area (Å²) in [6.07, 6.45) is 1.74. The third-order valence-corrected chi connectivity index (χ3v) is 6.59. The fourth-order valence-corrected chi connectivity index (χ4v) is 4.71. The number of amides is 2. The van der Waals surface area contributed by atoms with Gasteiger partial charge in [0.15, 0.2) is 11.4 Å². The number of likely N-dealkylation sites (tertiary alicyclic amines) is 1. The van der Waals surface area contributed by atoms with Gasteiger partial charge >= 0.3 is 0 Å². The van der Waals surface area contributed by atoms with Crippen molar-refractivity contribution in [2.24, 2.45) is 7.05 Å². The van der Waals surface area contributed by atoms with Gasteiger partial charge in [-0.25, -0.2) is 9.37 Å². The van der Waals surface area contributed by atoms with Crippen LogP contribution < -0.4 is 10.1 Å². The number of rotatable bonds is 7. The molecule has 0 saturated carbocycles. The number of hydrogen-bond acceptors (Lipinski definition) is 5. The van der Waals surface area contributed by atoms with E-state index in [9.17, 15) is 14.0 Å². The number of aryl methyl sites for hydroxylation is 2. The zero-order valence-electron chi connectivity index (χ0n) is 21.2. The normalized spacial score (nSPS) is 14.5. The van der Waals surface area contributed by atoms with E-state index >= 15 is 0 Å². The topological polar surface area (TPSA) is 96.7 Å². The number of aliphatic hydroxyl groups is 1. The molecule has 0 aliphatic carbocycles. The Morgan fingerprint density at radius 2 is 1.89 bits per heavy atom. The van der Waals surface area contributed by atoms with Gasteiger partial charge in [-0.05, 0) is 69.0 Å². The Labute approximate surface area is 210 Å². The summed E-state index contributed by atoms with van der Waals surface area (Å²) < 4.78 is 21.5. The van der Waals surface area contributed by atoms with Gasteiger partial charge in [-0.15, -0.1) is 0 Å².